The number of benzene rings is 2. The molecule has 140 valence electrons. The number of aromatic nitrogens is 1. The molecule has 2 aromatic carbocycles. The van der Waals surface area contributed by atoms with Gasteiger partial charge in [-0.05, 0) is 43.8 Å². The summed E-state index contributed by atoms with van der Waals surface area (Å²) in [5.41, 5.74) is 7.38. The number of thiazole rings is 1. The van der Waals surface area contributed by atoms with Crippen molar-refractivity contribution in [2.24, 2.45) is 4.99 Å². The first kappa shape index (κ1) is 18.6. The molecule has 0 atom stereocenters. The van der Waals surface area contributed by atoms with Gasteiger partial charge in [-0.15, -0.1) is 17.9 Å². The number of aliphatic imine (C=N–C) groups is 1. The second-order valence-corrected chi connectivity index (χ2v) is 8.49. The van der Waals surface area contributed by atoms with Crippen LogP contribution in [0.3, 0.4) is 0 Å². The van der Waals surface area contributed by atoms with Crippen molar-refractivity contribution in [3.63, 3.8) is 0 Å². The molecule has 1 aliphatic heterocycles. The molecular weight excluding hydrogens is 384 g/mol. The third-order valence-corrected chi connectivity index (χ3v) is 6.13. The van der Waals surface area contributed by atoms with E-state index in [4.69, 9.17) is 17.2 Å². The van der Waals surface area contributed by atoms with Crippen LogP contribution in [0.1, 0.15) is 27.1 Å². The van der Waals surface area contributed by atoms with Crippen LogP contribution in [0.4, 0.5) is 5.69 Å². The third kappa shape index (κ3) is 3.17. The van der Waals surface area contributed by atoms with Crippen LogP contribution in [0.2, 0.25) is 0 Å². The van der Waals surface area contributed by atoms with Crippen molar-refractivity contribution in [1.82, 2.24) is 4.57 Å². The van der Waals surface area contributed by atoms with Crippen LogP contribution in [0.5, 0.6) is 5.88 Å². The lowest BCUT2D eigenvalue weighted by molar-refractivity contribution is 0.424. The Kier molecular flexibility index (Phi) is 4.87. The Hall–Kier alpha value is -2.76. The van der Waals surface area contributed by atoms with Crippen LogP contribution in [0.25, 0.3) is 11.6 Å². The summed E-state index contributed by atoms with van der Waals surface area (Å²) in [7, 11) is 0. The Morgan fingerprint density at radius 3 is 2.68 bits per heavy atom. The fraction of sp³-hybridized carbons (Fsp3) is 0.130. The molecule has 0 saturated heterocycles. The highest BCUT2D eigenvalue weighted by atomic mass is 32.1. The molecule has 0 saturated carbocycles. The minimum absolute atomic E-state index is 0.174. The lowest BCUT2D eigenvalue weighted by Crippen LogP contribution is -1.99. The van der Waals surface area contributed by atoms with Crippen LogP contribution in [0.15, 0.2) is 60.1 Å². The monoisotopic (exact) mass is 404 g/mol. The zero-order valence-electron chi connectivity index (χ0n) is 15.8. The van der Waals surface area contributed by atoms with Gasteiger partial charge in [0.1, 0.15) is 0 Å². The van der Waals surface area contributed by atoms with Crippen molar-refractivity contribution < 1.29 is 5.11 Å². The second kappa shape index (κ2) is 7.34. The minimum Gasteiger partial charge on any atom is -0.493 e. The molecule has 28 heavy (non-hydrogen) atoms. The largest absolute Gasteiger partial charge is 0.493 e. The van der Waals surface area contributed by atoms with Gasteiger partial charge >= 0.3 is 0 Å². The summed E-state index contributed by atoms with van der Waals surface area (Å²) in [6.45, 7) is 8.41. The Morgan fingerprint density at radius 2 is 1.96 bits per heavy atom. The first-order valence-corrected chi connectivity index (χ1v) is 10.2. The average molecular weight is 405 g/mol. The van der Waals surface area contributed by atoms with E-state index in [1.165, 1.54) is 16.9 Å². The van der Waals surface area contributed by atoms with Gasteiger partial charge in [-0.2, -0.15) is 0 Å². The molecule has 0 spiro atoms. The number of aromatic hydroxyl groups is 1. The van der Waals surface area contributed by atoms with Gasteiger partial charge in [0.05, 0.1) is 16.3 Å². The molecule has 0 aliphatic carbocycles. The fourth-order valence-electron chi connectivity index (χ4n) is 3.50. The van der Waals surface area contributed by atoms with Crippen LogP contribution in [0, 0.1) is 17.8 Å². The molecule has 1 aliphatic rings. The molecule has 4 rings (SSSR count). The van der Waals surface area contributed by atoms with E-state index in [0.29, 0.717) is 10.5 Å². The molecule has 3 aromatic rings. The van der Waals surface area contributed by atoms with E-state index in [1.54, 1.807) is 10.6 Å². The number of allylic oxidation sites excluding steroid dienone is 2. The van der Waals surface area contributed by atoms with Crippen LogP contribution >= 0.6 is 23.6 Å². The highest BCUT2D eigenvalue weighted by Gasteiger charge is 2.25. The first-order valence-electron chi connectivity index (χ1n) is 9.01. The molecular formula is C23H20N2OS2. The number of aryl methyl sites for hydroxylation is 2. The number of nitrogens with zero attached hydrogens (tertiary/aromatic N) is 2. The molecule has 0 bridgehead atoms. The number of hydrogen-bond donors (Lipinski definition) is 1. The molecule has 1 N–H and O–H groups in total. The topological polar surface area (TPSA) is 37.5 Å². The maximum Gasteiger partial charge on any atom is 0.210 e. The smallest absolute Gasteiger partial charge is 0.210 e. The number of hydrogen-bond acceptors (Lipinski definition) is 4. The quantitative estimate of drug-likeness (QED) is 0.400. The van der Waals surface area contributed by atoms with Crippen LogP contribution in [-0.4, -0.2) is 15.4 Å². The summed E-state index contributed by atoms with van der Waals surface area (Å²) in [6, 6.07) is 14.5. The van der Waals surface area contributed by atoms with Crippen molar-refractivity contribution in [1.29, 1.82) is 0 Å². The Bertz CT molecular complexity index is 1200. The normalized spacial score (nSPS) is 14.2. The molecule has 0 unspecified atom stereocenters. The Morgan fingerprint density at radius 1 is 1.21 bits per heavy atom. The summed E-state index contributed by atoms with van der Waals surface area (Å²) in [5, 5.41) is 10.7. The lowest BCUT2D eigenvalue weighted by atomic mass is 9.95. The molecule has 0 amide bonds. The van der Waals surface area contributed by atoms with Crippen LogP contribution < -0.4 is 0 Å². The molecule has 1 aromatic heterocycles. The van der Waals surface area contributed by atoms with Crippen LogP contribution in [-0.2, 0) is 6.54 Å². The van der Waals surface area contributed by atoms with Crippen molar-refractivity contribution in [2.75, 3.05) is 0 Å². The van der Waals surface area contributed by atoms with Crippen molar-refractivity contribution in [2.45, 2.75) is 20.4 Å². The van der Waals surface area contributed by atoms with Crippen molar-refractivity contribution in [3.8, 4) is 5.88 Å². The number of fused-ring (bicyclic) bond motifs is 1. The van der Waals surface area contributed by atoms with Gasteiger partial charge in [0.25, 0.3) is 0 Å². The van der Waals surface area contributed by atoms with Gasteiger partial charge in [-0.25, -0.2) is 4.99 Å². The Balaban J connectivity index is 1.95. The summed E-state index contributed by atoms with van der Waals surface area (Å²) in [6.07, 6.45) is 3.74. The lowest BCUT2D eigenvalue weighted by Gasteiger charge is -2.07. The molecule has 0 fully saturated rings. The number of rotatable bonds is 4. The van der Waals surface area contributed by atoms with Crippen molar-refractivity contribution in [3.05, 3.63) is 86.2 Å². The standard InChI is InChI=1S/C23H20N2OS2/c1-4-10-25-22(26)19(28-23(25)27)13-18-17-12-14(2)11-15(3)20(17)24-21(18)16-8-6-5-7-9-16/h4-9,11-13,26H,1,10H2,2-3H3/b18-13+. The Labute approximate surface area is 173 Å². The predicted octanol–water partition coefficient (Wildman–Crippen LogP) is 6.46. The van der Waals surface area contributed by atoms with E-state index in [9.17, 15) is 5.11 Å². The summed E-state index contributed by atoms with van der Waals surface area (Å²) >= 11 is 6.82. The van der Waals surface area contributed by atoms with Gasteiger partial charge in [0, 0.05) is 23.2 Å². The molecule has 0 radical (unpaired) electrons. The summed E-state index contributed by atoms with van der Waals surface area (Å²) in [5.74, 6) is 0.174. The fourth-order valence-corrected chi connectivity index (χ4v) is 4.77. The average Bonchev–Trinajstić information content (AvgIpc) is 3.16. The maximum atomic E-state index is 10.7. The maximum absolute atomic E-state index is 10.7. The molecule has 2 heterocycles. The third-order valence-electron chi connectivity index (χ3n) is 4.74. The SMILES string of the molecule is C=CCn1c(O)c(/C=C2/C(c3ccccc3)=Nc3c(C)cc(C)cc32)sc1=S. The second-order valence-electron chi connectivity index (χ2n) is 6.82. The molecule has 3 nitrogen and oxygen atoms in total. The van der Waals surface area contributed by atoms with E-state index in [-0.39, 0.29) is 5.88 Å². The van der Waals surface area contributed by atoms with Gasteiger partial charge in [0.15, 0.2) is 3.95 Å². The van der Waals surface area contributed by atoms with E-state index in [2.05, 4.69) is 44.7 Å². The van der Waals surface area contributed by atoms with E-state index >= 15 is 0 Å². The van der Waals surface area contributed by atoms with Gasteiger partial charge in [-0.3, -0.25) is 4.57 Å². The van der Waals surface area contributed by atoms with E-state index < -0.39 is 0 Å². The zero-order chi connectivity index (χ0) is 19.8. The highest BCUT2D eigenvalue weighted by Crippen LogP contribution is 2.42. The van der Waals surface area contributed by atoms with E-state index in [0.717, 1.165) is 38.5 Å². The minimum atomic E-state index is 0.174. The highest BCUT2D eigenvalue weighted by molar-refractivity contribution is 7.73. The van der Waals surface area contributed by atoms with E-state index in [1.807, 2.05) is 24.3 Å². The first-order chi connectivity index (χ1) is 13.5. The summed E-state index contributed by atoms with van der Waals surface area (Å²) < 4.78 is 2.32. The zero-order valence-corrected chi connectivity index (χ0v) is 17.4. The van der Waals surface area contributed by atoms with Gasteiger partial charge in [-0.1, -0.05) is 48.0 Å². The van der Waals surface area contributed by atoms with Gasteiger partial charge < -0.3 is 5.11 Å². The van der Waals surface area contributed by atoms with Gasteiger partial charge in [0.2, 0.25) is 5.88 Å². The summed E-state index contributed by atoms with van der Waals surface area (Å²) in [4.78, 5) is 5.69. The van der Waals surface area contributed by atoms with Crippen molar-refractivity contribution >= 4 is 46.6 Å². The molecule has 5 heteroatoms. The predicted molar refractivity (Wildman–Crippen MR) is 121 cm³/mol.